The van der Waals surface area contributed by atoms with Crippen molar-refractivity contribution in [3.8, 4) is 0 Å². The van der Waals surface area contributed by atoms with Gasteiger partial charge in [-0.2, -0.15) is 0 Å². The fourth-order valence-electron chi connectivity index (χ4n) is 0.713. The summed E-state index contributed by atoms with van der Waals surface area (Å²) in [5.74, 6) is 0. The molecule has 1 aromatic rings. The summed E-state index contributed by atoms with van der Waals surface area (Å²) in [7, 11) is -3.48. The minimum Gasteiger partial charge on any atom is -0.326 e. The van der Waals surface area contributed by atoms with Crippen LogP contribution >= 0.6 is 11.6 Å². The Bertz CT molecular complexity index is 448. The van der Waals surface area contributed by atoms with Gasteiger partial charge in [0.25, 0.3) is 5.56 Å². The average molecular weight is 208 g/mol. The van der Waals surface area contributed by atoms with Crippen LogP contribution in [0.25, 0.3) is 0 Å². The Labute approximate surface area is 74.1 Å². The molecule has 1 aromatic heterocycles. The second kappa shape index (κ2) is 2.91. The van der Waals surface area contributed by atoms with Crippen molar-refractivity contribution in [3.63, 3.8) is 0 Å². The van der Waals surface area contributed by atoms with E-state index in [9.17, 15) is 13.2 Å². The van der Waals surface area contributed by atoms with E-state index < -0.39 is 15.4 Å². The van der Waals surface area contributed by atoms with Gasteiger partial charge in [-0.1, -0.05) is 11.6 Å². The molecule has 1 N–H and O–H groups in total. The number of rotatable bonds is 1. The van der Waals surface area contributed by atoms with Gasteiger partial charge in [-0.3, -0.25) is 4.79 Å². The molecule has 0 bridgehead atoms. The highest BCUT2D eigenvalue weighted by molar-refractivity contribution is 7.90. The van der Waals surface area contributed by atoms with E-state index in [0.29, 0.717) is 0 Å². The van der Waals surface area contributed by atoms with Gasteiger partial charge in [0.15, 0.2) is 9.84 Å². The van der Waals surface area contributed by atoms with Crippen molar-refractivity contribution in [2.75, 3.05) is 6.26 Å². The lowest BCUT2D eigenvalue weighted by Crippen LogP contribution is -2.15. The van der Waals surface area contributed by atoms with E-state index in [1.807, 2.05) is 0 Å². The van der Waals surface area contributed by atoms with Crippen LogP contribution in [-0.2, 0) is 9.84 Å². The van der Waals surface area contributed by atoms with Gasteiger partial charge in [-0.05, 0) is 6.07 Å². The minimum atomic E-state index is -3.48. The van der Waals surface area contributed by atoms with Gasteiger partial charge in [0.2, 0.25) is 0 Å². The van der Waals surface area contributed by atoms with Gasteiger partial charge >= 0.3 is 0 Å². The number of nitrogens with one attached hydrogen (secondary N) is 1. The number of aromatic nitrogens is 1. The lowest BCUT2D eigenvalue weighted by Gasteiger charge is -1.95. The van der Waals surface area contributed by atoms with Crippen LogP contribution < -0.4 is 5.56 Å². The van der Waals surface area contributed by atoms with Gasteiger partial charge in [0, 0.05) is 12.5 Å². The Morgan fingerprint density at radius 2 is 2.08 bits per heavy atom. The third-order valence-electron chi connectivity index (χ3n) is 1.23. The van der Waals surface area contributed by atoms with Gasteiger partial charge in [-0.25, -0.2) is 8.42 Å². The third-order valence-corrected chi connectivity index (χ3v) is 2.55. The first-order valence-electron chi connectivity index (χ1n) is 2.99. The summed E-state index contributed by atoms with van der Waals surface area (Å²) in [6.45, 7) is 0. The molecule has 0 spiro atoms. The Kier molecular flexibility index (Phi) is 2.25. The zero-order valence-electron chi connectivity index (χ0n) is 6.17. The molecule has 66 valence electrons. The van der Waals surface area contributed by atoms with Crippen molar-refractivity contribution < 1.29 is 8.42 Å². The van der Waals surface area contributed by atoms with E-state index in [4.69, 9.17) is 11.6 Å². The van der Waals surface area contributed by atoms with Crippen molar-refractivity contribution >= 4 is 21.4 Å². The molecular weight excluding hydrogens is 202 g/mol. The maximum atomic E-state index is 10.9. The molecule has 0 aliphatic rings. The summed E-state index contributed by atoms with van der Waals surface area (Å²) in [6, 6.07) is 1.12. The summed E-state index contributed by atoms with van der Waals surface area (Å²) >= 11 is 5.49. The first kappa shape index (κ1) is 9.28. The van der Waals surface area contributed by atoms with E-state index in [1.54, 1.807) is 0 Å². The number of aromatic amines is 1. The predicted molar refractivity (Wildman–Crippen MR) is 45.2 cm³/mol. The largest absolute Gasteiger partial charge is 0.326 e. The van der Waals surface area contributed by atoms with E-state index >= 15 is 0 Å². The normalized spacial score (nSPS) is 11.5. The van der Waals surface area contributed by atoms with Crippen molar-refractivity contribution in [3.05, 3.63) is 27.6 Å². The monoisotopic (exact) mass is 207 g/mol. The molecule has 0 saturated heterocycles. The molecule has 4 nitrogen and oxygen atoms in total. The van der Waals surface area contributed by atoms with Crippen molar-refractivity contribution in [1.29, 1.82) is 0 Å². The van der Waals surface area contributed by atoms with Crippen LogP contribution in [0.3, 0.4) is 0 Å². The number of sulfone groups is 1. The second-order valence-electron chi connectivity index (χ2n) is 2.28. The van der Waals surface area contributed by atoms with Gasteiger partial charge in [-0.15, -0.1) is 0 Å². The lowest BCUT2D eigenvalue weighted by atomic mass is 10.5. The van der Waals surface area contributed by atoms with Crippen LogP contribution in [0.1, 0.15) is 0 Å². The number of hydrogen-bond acceptors (Lipinski definition) is 3. The maximum Gasteiger partial charge on any atom is 0.266 e. The second-order valence-corrected chi connectivity index (χ2v) is 4.70. The first-order valence-corrected chi connectivity index (χ1v) is 5.26. The Morgan fingerprint density at radius 3 is 2.50 bits per heavy atom. The highest BCUT2D eigenvalue weighted by Crippen LogP contribution is 2.09. The summed E-state index contributed by atoms with van der Waals surface area (Å²) in [4.78, 5) is 12.8. The number of halogens is 1. The Hall–Kier alpha value is -0.810. The lowest BCUT2D eigenvalue weighted by molar-refractivity contribution is 0.600. The molecule has 6 heteroatoms. The zero-order chi connectivity index (χ0) is 9.35. The maximum absolute atomic E-state index is 10.9. The molecule has 0 atom stereocenters. The molecule has 0 radical (unpaired) electrons. The van der Waals surface area contributed by atoms with E-state index in [0.717, 1.165) is 12.3 Å². The Balaban J connectivity index is 3.55. The minimum absolute atomic E-state index is 0.190. The molecule has 1 heterocycles. The molecule has 12 heavy (non-hydrogen) atoms. The van der Waals surface area contributed by atoms with Gasteiger partial charge < -0.3 is 4.98 Å². The van der Waals surface area contributed by atoms with Crippen LogP contribution in [0.2, 0.25) is 5.02 Å². The summed E-state index contributed by atoms with van der Waals surface area (Å²) in [5, 5.41) is 0.190. The summed E-state index contributed by atoms with van der Waals surface area (Å²) in [6.07, 6.45) is 2.19. The van der Waals surface area contributed by atoms with Crippen LogP contribution in [0, 0.1) is 0 Å². The fourth-order valence-corrected chi connectivity index (χ4v) is 1.68. The molecular formula is C6H6ClNO3S. The smallest absolute Gasteiger partial charge is 0.266 e. The average Bonchev–Trinajstić information content (AvgIpc) is 1.92. The molecule has 0 amide bonds. The third kappa shape index (κ3) is 1.86. The highest BCUT2D eigenvalue weighted by atomic mass is 35.5. The molecule has 0 unspecified atom stereocenters. The van der Waals surface area contributed by atoms with E-state index in [1.165, 1.54) is 6.20 Å². The molecule has 0 aliphatic carbocycles. The number of pyridine rings is 1. The van der Waals surface area contributed by atoms with Crippen LogP contribution in [-0.4, -0.2) is 19.7 Å². The molecule has 1 rings (SSSR count). The summed E-state index contributed by atoms with van der Waals surface area (Å²) in [5.41, 5.74) is -0.651. The predicted octanol–water partition coefficient (Wildman–Crippen LogP) is 0.432. The van der Waals surface area contributed by atoms with Gasteiger partial charge in [0.1, 0.15) is 4.90 Å². The molecule has 0 saturated carbocycles. The summed E-state index contributed by atoms with van der Waals surface area (Å²) < 4.78 is 21.9. The number of hydrogen-bond donors (Lipinski definition) is 1. The standard InChI is InChI=1S/C6H6ClNO3S/c1-12(10,11)5-2-4(7)3-8-6(5)9/h2-3H,1H3,(H,8,9). The van der Waals surface area contributed by atoms with Crippen molar-refractivity contribution in [1.82, 2.24) is 4.98 Å². The van der Waals surface area contributed by atoms with Crippen LogP contribution in [0.15, 0.2) is 22.0 Å². The SMILES string of the molecule is CS(=O)(=O)c1cc(Cl)c[nH]c1=O. The van der Waals surface area contributed by atoms with Crippen LogP contribution in [0.4, 0.5) is 0 Å². The van der Waals surface area contributed by atoms with E-state index in [-0.39, 0.29) is 9.92 Å². The van der Waals surface area contributed by atoms with Crippen molar-refractivity contribution in [2.24, 2.45) is 0 Å². The van der Waals surface area contributed by atoms with E-state index in [2.05, 4.69) is 4.98 Å². The van der Waals surface area contributed by atoms with Crippen LogP contribution in [0.5, 0.6) is 0 Å². The Morgan fingerprint density at radius 1 is 1.50 bits per heavy atom. The topological polar surface area (TPSA) is 67.0 Å². The van der Waals surface area contributed by atoms with Crippen molar-refractivity contribution in [2.45, 2.75) is 4.90 Å². The highest BCUT2D eigenvalue weighted by Gasteiger charge is 2.11. The quantitative estimate of drug-likeness (QED) is 0.726. The van der Waals surface area contributed by atoms with Gasteiger partial charge in [0.05, 0.1) is 5.02 Å². The molecule has 0 aromatic carbocycles. The zero-order valence-corrected chi connectivity index (χ0v) is 7.74. The molecule has 0 aliphatic heterocycles. The molecule has 0 fully saturated rings. The number of H-pyrrole nitrogens is 1. The first-order chi connectivity index (χ1) is 5.41. The fraction of sp³-hybridized carbons (Fsp3) is 0.167.